The van der Waals surface area contributed by atoms with Gasteiger partial charge in [0.15, 0.2) is 0 Å². The highest BCUT2D eigenvalue weighted by molar-refractivity contribution is 14.1. The van der Waals surface area contributed by atoms with Gasteiger partial charge in [-0.2, -0.15) is 0 Å². The number of halogens is 1. The molecule has 6 rings (SSSR count). The Morgan fingerprint density at radius 3 is 1.93 bits per heavy atom. The number of hydrogen-bond acceptors (Lipinski definition) is 2. The second-order valence-corrected chi connectivity index (χ2v) is 9.20. The number of fused-ring (bicyclic) bond motifs is 6. The van der Waals surface area contributed by atoms with Crippen molar-refractivity contribution in [1.29, 1.82) is 0 Å². The van der Waals surface area contributed by atoms with Crippen molar-refractivity contribution in [2.45, 2.75) is 20.3 Å². The summed E-state index contributed by atoms with van der Waals surface area (Å²) in [5, 5.41) is 4.71. The Balaban J connectivity index is 1.44. The van der Waals surface area contributed by atoms with Crippen LogP contribution in [0.1, 0.15) is 22.3 Å². The largest absolute Gasteiger partial charge is 0.456 e. The van der Waals surface area contributed by atoms with Crippen molar-refractivity contribution in [1.82, 2.24) is 0 Å². The van der Waals surface area contributed by atoms with Gasteiger partial charge >= 0.3 is 0 Å². The summed E-state index contributed by atoms with van der Waals surface area (Å²) in [5.41, 5.74) is 8.77. The topological polar surface area (TPSA) is 26.3 Å². The van der Waals surface area contributed by atoms with Gasteiger partial charge in [0.2, 0.25) is 0 Å². The van der Waals surface area contributed by atoms with E-state index >= 15 is 0 Å². The van der Waals surface area contributed by atoms with Crippen LogP contribution in [-0.4, -0.2) is 0 Å². The molecule has 0 aliphatic rings. The molecule has 0 saturated heterocycles. The van der Waals surface area contributed by atoms with Crippen LogP contribution in [0.25, 0.3) is 43.9 Å². The second-order valence-electron chi connectivity index (χ2n) is 8.13. The lowest BCUT2D eigenvalue weighted by molar-refractivity contribution is 0.665. The molecule has 0 aliphatic heterocycles. The van der Waals surface area contributed by atoms with Crippen molar-refractivity contribution in [3.63, 3.8) is 0 Å². The first kappa shape index (κ1) is 18.0. The van der Waals surface area contributed by atoms with E-state index in [2.05, 4.69) is 103 Å². The molecule has 4 aromatic carbocycles. The van der Waals surface area contributed by atoms with Gasteiger partial charge in [-0.3, -0.25) is 0 Å². The minimum absolute atomic E-state index is 0.844. The van der Waals surface area contributed by atoms with Gasteiger partial charge in [-0.05, 0) is 83.3 Å². The van der Waals surface area contributed by atoms with E-state index < -0.39 is 0 Å². The zero-order valence-corrected chi connectivity index (χ0v) is 18.9. The Hall–Kier alpha value is -2.79. The van der Waals surface area contributed by atoms with Crippen LogP contribution in [0.3, 0.4) is 0 Å². The van der Waals surface area contributed by atoms with Crippen LogP contribution in [0, 0.1) is 17.4 Å². The first-order chi connectivity index (χ1) is 14.6. The van der Waals surface area contributed by atoms with Crippen molar-refractivity contribution in [3.05, 3.63) is 92.6 Å². The Morgan fingerprint density at radius 2 is 1.20 bits per heavy atom. The summed E-state index contributed by atoms with van der Waals surface area (Å²) in [7, 11) is 0. The van der Waals surface area contributed by atoms with Gasteiger partial charge in [-0.15, -0.1) is 0 Å². The summed E-state index contributed by atoms with van der Waals surface area (Å²) in [4.78, 5) is 0. The molecule has 0 radical (unpaired) electrons. The average molecular weight is 502 g/mol. The Morgan fingerprint density at radius 1 is 0.633 bits per heavy atom. The predicted octanol–water partition coefficient (Wildman–Crippen LogP) is 8.30. The van der Waals surface area contributed by atoms with E-state index in [1.165, 1.54) is 47.4 Å². The summed E-state index contributed by atoms with van der Waals surface area (Å²) in [6.07, 6.45) is 0.844. The molecule has 146 valence electrons. The monoisotopic (exact) mass is 502 g/mol. The van der Waals surface area contributed by atoms with Crippen molar-refractivity contribution < 1.29 is 8.83 Å². The highest BCUT2D eigenvalue weighted by Crippen LogP contribution is 2.35. The van der Waals surface area contributed by atoms with Crippen LogP contribution in [0.2, 0.25) is 0 Å². The lowest BCUT2D eigenvalue weighted by Crippen LogP contribution is -1.92. The number of rotatable bonds is 2. The number of aryl methyl sites for hydroxylation is 2. The molecule has 2 heterocycles. The quantitative estimate of drug-likeness (QED) is 0.223. The van der Waals surface area contributed by atoms with E-state index in [9.17, 15) is 0 Å². The van der Waals surface area contributed by atoms with Gasteiger partial charge in [-0.25, -0.2) is 0 Å². The standard InChI is InChI=1S/C27H19IO2/c1-15-3-7-19-20-9-5-17(14-25(20)29-23(19)11-15)13-18-6-10-22-21-8-4-16(2)12-24(21)30-27(22)26(18)28/h3-12,14H,13H2,1-2H3. The first-order valence-electron chi connectivity index (χ1n) is 10.1. The maximum atomic E-state index is 6.24. The third-order valence-corrected chi connectivity index (χ3v) is 7.09. The van der Waals surface area contributed by atoms with Crippen molar-refractivity contribution >= 4 is 66.5 Å². The predicted molar refractivity (Wildman–Crippen MR) is 132 cm³/mol. The molecule has 30 heavy (non-hydrogen) atoms. The number of hydrogen-bond donors (Lipinski definition) is 0. The molecule has 0 atom stereocenters. The molecule has 2 nitrogen and oxygen atoms in total. The van der Waals surface area contributed by atoms with Gasteiger partial charge in [0.25, 0.3) is 0 Å². The lowest BCUT2D eigenvalue weighted by atomic mass is 10.0. The van der Waals surface area contributed by atoms with E-state index in [4.69, 9.17) is 8.83 Å². The molecule has 0 unspecified atom stereocenters. The highest BCUT2D eigenvalue weighted by Gasteiger charge is 2.14. The maximum Gasteiger partial charge on any atom is 0.149 e. The molecule has 3 heteroatoms. The van der Waals surface area contributed by atoms with Crippen LogP contribution in [-0.2, 0) is 6.42 Å². The molecule has 0 N–H and O–H groups in total. The van der Waals surface area contributed by atoms with E-state index in [1.54, 1.807) is 0 Å². The van der Waals surface area contributed by atoms with Crippen LogP contribution in [0.4, 0.5) is 0 Å². The van der Waals surface area contributed by atoms with Gasteiger partial charge in [0.1, 0.15) is 22.3 Å². The fourth-order valence-electron chi connectivity index (χ4n) is 4.35. The minimum Gasteiger partial charge on any atom is -0.456 e. The SMILES string of the molecule is Cc1ccc2c(c1)oc1cc(Cc3ccc4c(oc5cc(C)ccc54)c3I)ccc12. The summed E-state index contributed by atoms with van der Waals surface area (Å²) < 4.78 is 13.6. The van der Waals surface area contributed by atoms with Crippen LogP contribution in [0.15, 0.2) is 75.6 Å². The van der Waals surface area contributed by atoms with Gasteiger partial charge in [0, 0.05) is 21.5 Å². The van der Waals surface area contributed by atoms with E-state index in [0.717, 1.165) is 28.8 Å². The molecule has 0 aliphatic carbocycles. The molecule has 0 bridgehead atoms. The summed E-state index contributed by atoms with van der Waals surface area (Å²) >= 11 is 2.42. The highest BCUT2D eigenvalue weighted by atomic mass is 127. The van der Waals surface area contributed by atoms with E-state index in [1.807, 2.05) is 0 Å². The fraction of sp³-hybridized carbons (Fsp3) is 0.111. The van der Waals surface area contributed by atoms with Crippen LogP contribution < -0.4 is 0 Å². The molecule has 0 amide bonds. The Kier molecular flexibility index (Phi) is 3.97. The third kappa shape index (κ3) is 2.76. The second kappa shape index (κ2) is 6.61. The maximum absolute atomic E-state index is 6.24. The smallest absolute Gasteiger partial charge is 0.149 e. The Bertz CT molecular complexity index is 1600. The molecule has 2 aromatic heterocycles. The molecule has 0 saturated carbocycles. The number of benzene rings is 4. The average Bonchev–Trinajstić information content (AvgIpc) is 3.27. The summed E-state index contributed by atoms with van der Waals surface area (Å²) in [5.74, 6) is 0. The minimum atomic E-state index is 0.844. The van der Waals surface area contributed by atoms with Crippen LogP contribution in [0.5, 0.6) is 0 Å². The summed E-state index contributed by atoms with van der Waals surface area (Å²) in [6.45, 7) is 4.19. The van der Waals surface area contributed by atoms with Crippen molar-refractivity contribution in [2.75, 3.05) is 0 Å². The molecular formula is C27H19IO2. The van der Waals surface area contributed by atoms with Crippen molar-refractivity contribution in [2.24, 2.45) is 0 Å². The summed E-state index contributed by atoms with van der Waals surface area (Å²) in [6, 6.07) is 23.8. The van der Waals surface area contributed by atoms with E-state index in [-0.39, 0.29) is 0 Å². The third-order valence-electron chi connectivity index (χ3n) is 5.90. The Labute approximate surface area is 187 Å². The fourth-order valence-corrected chi connectivity index (χ4v) is 5.12. The molecule has 0 spiro atoms. The zero-order valence-electron chi connectivity index (χ0n) is 16.8. The molecular weight excluding hydrogens is 483 g/mol. The first-order valence-corrected chi connectivity index (χ1v) is 11.2. The van der Waals surface area contributed by atoms with Gasteiger partial charge < -0.3 is 8.83 Å². The zero-order chi connectivity index (χ0) is 20.4. The lowest BCUT2D eigenvalue weighted by Gasteiger charge is -2.06. The van der Waals surface area contributed by atoms with Gasteiger partial charge in [-0.1, -0.05) is 48.5 Å². The van der Waals surface area contributed by atoms with Crippen LogP contribution >= 0.6 is 22.6 Å². The molecule has 0 fully saturated rings. The number of furan rings is 2. The normalized spacial score (nSPS) is 12.0. The van der Waals surface area contributed by atoms with Crippen molar-refractivity contribution in [3.8, 4) is 0 Å². The van der Waals surface area contributed by atoms with E-state index in [0.29, 0.717) is 0 Å². The molecule has 6 aromatic rings. The van der Waals surface area contributed by atoms with Gasteiger partial charge in [0.05, 0.1) is 3.57 Å².